The van der Waals surface area contributed by atoms with E-state index in [1.54, 1.807) is 17.2 Å². The Hall–Kier alpha value is -2.62. The van der Waals surface area contributed by atoms with Crippen molar-refractivity contribution in [3.05, 3.63) is 65.5 Å². The number of Topliss-reactive ketones (excluding diaryl/α,β-unsaturated/α-hetero) is 1. The quantitative estimate of drug-likeness (QED) is 0.884. The molecule has 0 bridgehead atoms. The fraction of sp³-hybridized carbons (Fsp3) is 0.222. The molecule has 112 valence electrons. The minimum atomic E-state index is -0.0594. The van der Waals surface area contributed by atoms with Crippen LogP contribution in [0, 0.1) is 0 Å². The molecule has 1 aromatic heterocycles. The van der Waals surface area contributed by atoms with Gasteiger partial charge in [-0.3, -0.25) is 9.59 Å². The van der Waals surface area contributed by atoms with Crippen molar-refractivity contribution in [1.29, 1.82) is 0 Å². The van der Waals surface area contributed by atoms with Gasteiger partial charge in [0.05, 0.1) is 0 Å². The highest BCUT2D eigenvalue weighted by atomic mass is 16.2. The van der Waals surface area contributed by atoms with Gasteiger partial charge in [0.2, 0.25) is 0 Å². The molecule has 0 fully saturated rings. The molecule has 0 radical (unpaired) electrons. The molecule has 1 N–H and O–H groups in total. The molecule has 3 rings (SSSR count). The van der Waals surface area contributed by atoms with Crippen molar-refractivity contribution in [2.24, 2.45) is 0 Å². The molecule has 1 amide bonds. The Labute approximate surface area is 129 Å². The summed E-state index contributed by atoms with van der Waals surface area (Å²) in [6.07, 6.45) is 4.53. The Morgan fingerprint density at radius 2 is 1.95 bits per heavy atom. The van der Waals surface area contributed by atoms with Crippen LogP contribution in [0.4, 0.5) is 0 Å². The molecule has 4 nitrogen and oxygen atoms in total. The summed E-state index contributed by atoms with van der Waals surface area (Å²) in [5, 5.41) is 0. The Kier molecular flexibility index (Phi) is 3.92. The van der Waals surface area contributed by atoms with Crippen molar-refractivity contribution in [3.8, 4) is 0 Å². The maximum atomic E-state index is 12.4. The van der Waals surface area contributed by atoms with Crippen LogP contribution >= 0.6 is 0 Å². The maximum absolute atomic E-state index is 12.4. The predicted molar refractivity (Wildman–Crippen MR) is 85.7 cm³/mol. The van der Waals surface area contributed by atoms with Gasteiger partial charge in [-0.2, -0.15) is 0 Å². The monoisotopic (exact) mass is 294 g/mol. The highest BCUT2D eigenvalue weighted by molar-refractivity contribution is 5.99. The number of nitrogens with zero attached hydrogens (tertiary/aromatic N) is 1. The SMILES string of the molecule is CC(=O)c1c[nH]c(C(=O)N2CC=C(c3ccccc3)CC2)c1. The van der Waals surface area contributed by atoms with E-state index < -0.39 is 0 Å². The molecule has 2 aromatic rings. The normalized spacial score (nSPS) is 14.6. The third-order valence-electron chi connectivity index (χ3n) is 3.96. The number of aromatic nitrogens is 1. The number of H-pyrrole nitrogens is 1. The number of nitrogens with one attached hydrogen (secondary N) is 1. The van der Waals surface area contributed by atoms with E-state index >= 15 is 0 Å². The van der Waals surface area contributed by atoms with Crippen molar-refractivity contribution in [1.82, 2.24) is 9.88 Å². The minimum absolute atomic E-state index is 0.0415. The van der Waals surface area contributed by atoms with Gasteiger partial charge in [-0.15, -0.1) is 0 Å². The molecule has 1 aliphatic rings. The van der Waals surface area contributed by atoms with Gasteiger partial charge >= 0.3 is 0 Å². The molecule has 0 spiro atoms. The lowest BCUT2D eigenvalue weighted by atomic mass is 9.99. The van der Waals surface area contributed by atoms with E-state index in [1.165, 1.54) is 18.1 Å². The lowest BCUT2D eigenvalue weighted by molar-refractivity contribution is 0.0767. The van der Waals surface area contributed by atoms with Gasteiger partial charge in [0.25, 0.3) is 5.91 Å². The average molecular weight is 294 g/mol. The molecule has 1 aromatic carbocycles. The van der Waals surface area contributed by atoms with Crippen LogP contribution < -0.4 is 0 Å². The van der Waals surface area contributed by atoms with Gasteiger partial charge in [0, 0.05) is 24.8 Å². The molecule has 0 saturated carbocycles. The van der Waals surface area contributed by atoms with E-state index in [0.29, 0.717) is 24.3 Å². The summed E-state index contributed by atoms with van der Waals surface area (Å²) >= 11 is 0. The summed E-state index contributed by atoms with van der Waals surface area (Å²) in [5.74, 6) is -0.101. The van der Waals surface area contributed by atoms with Crippen molar-refractivity contribution in [2.45, 2.75) is 13.3 Å². The Balaban J connectivity index is 1.71. The van der Waals surface area contributed by atoms with Crippen molar-refractivity contribution < 1.29 is 9.59 Å². The highest BCUT2D eigenvalue weighted by Crippen LogP contribution is 2.22. The first kappa shape index (κ1) is 14.3. The topological polar surface area (TPSA) is 53.2 Å². The number of rotatable bonds is 3. The fourth-order valence-corrected chi connectivity index (χ4v) is 2.66. The van der Waals surface area contributed by atoms with Crippen molar-refractivity contribution >= 4 is 17.3 Å². The first-order valence-electron chi connectivity index (χ1n) is 7.38. The molecule has 0 saturated heterocycles. The van der Waals surface area contributed by atoms with Crippen molar-refractivity contribution in [3.63, 3.8) is 0 Å². The third-order valence-corrected chi connectivity index (χ3v) is 3.96. The number of amides is 1. The summed E-state index contributed by atoms with van der Waals surface area (Å²) in [7, 11) is 0. The smallest absolute Gasteiger partial charge is 0.270 e. The first-order chi connectivity index (χ1) is 10.6. The number of ketones is 1. The second kappa shape index (κ2) is 6.02. The van der Waals surface area contributed by atoms with E-state index in [-0.39, 0.29) is 11.7 Å². The summed E-state index contributed by atoms with van der Waals surface area (Å²) in [5.41, 5.74) is 3.51. The van der Waals surface area contributed by atoms with Crippen LogP contribution in [0.5, 0.6) is 0 Å². The van der Waals surface area contributed by atoms with E-state index in [0.717, 1.165) is 6.42 Å². The largest absolute Gasteiger partial charge is 0.356 e. The van der Waals surface area contributed by atoms with E-state index in [1.807, 2.05) is 18.2 Å². The standard InChI is InChI=1S/C18H18N2O2/c1-13(21)16-11-17(19-12-16)18(22)20-9-7-15(8-10-20)14-5-3-2-4-6-14/h2-7,11-12,19H,8-10H2,1H3. The van der Waals surface area contributed by atoms with E-state index in [9.17, 15) is 9.59 Å². The van der Waals surface area contributed by atoms with Crippen LogP contribution in [0.15, 0.2) is 48.7 Å². The lowest BCUT2D eigenvalue weighted by Gasteiger charge is -2.26. The van der Waals surface area contributed by atoms with Crippen molar-refractivity contribution in [2.75, 3.05) is 13.1 Å². The van der Waals surface area contributed by atoms with E-state index in [2.05, 4.69) is 23.2 Å². The van der Waals surface area contributed by atoms with Crippen LogP contribution in [0.2, 0.25) is 0 Å². The summed E-state index contributed by atoms with van der Waals surface area (Å²) in [4.78, 5) is 28.4. The zero-order chi connectivity index (χ0) is 15.5. The van der Waals surface area contributed by atoms with Gasteiger partial charge in [-0.25, -0.2) is 0 Å². The van der Waals surface area contributed by atoms with Gasteiger partial charge in [0.15, 0.2) is 5.78 Å². The van der Waals surface area contributed by atoms with Gasteiger partial charge in [-0.05, 0) is 30.5 Å². The molecule has 4 heteroatoms. The predicted octanol–water partition coefficient (Wildman–Crippen LogP) is 3.15. The van der Waals surface area contributed by atoms with Crippen LogP contribution in [0.3, 0.4) is 0 Å². The van der Waals surface area contributed by atoms with Crippen LogP contribution in [0.1, 0.15) is 39.8 Å². The molecule has 0 unspecified atom stereocenters. The lowest BCUT2D eigenvalue weighted by Crippen LogP contribution is -2.34. The number of benzene rings is 1. The number of carbonyl (C=O) groups is 2. The van der Waals surface area contributed by atoms with Crippen LogP contribution in [-0.2, 0) is 0 Å². The molecule has 22 heavy (non-hydrogen) atoms. The Bertz CT molecular complexity index is 729. The maximum Gasteiger partial charge on any atom is 0.270 e. The van der Waals surface area contributed by atoms with Crippen LogP contribution in [0.25, 0.3) is 5.57 Å². The average Bonchev–Trinajstić information content (AvgIpc) is 3.05. The molecular formula is C18H18N2O2. The summed E-state index contributed by atoms with van der Waals surface area (Å²) < 4.78 is 0. The number of carbonyl (C=O) groups excluding carboxylic acids is 2. The third kappa shape index (κ3) is 2.86. The fourth-order valence-electron chi connectivity index (χ4n) is 2.66. The molecule has 1 aliphatic heterocycles. The molecular weight excluding hydrogens is 276 g/mol. The van der Waals surface area contributed by atoms with Gasteiger partial charge < -0.3 is 9.88 Å². The summed E-state index contributed by atoms with van der Waals surface area (Å²) in [6.45, 7) is 2.78. The Morgan fingerprint density at radius 3 is 2.55 bits per heavy atom. The molecule has 0 atom stereocenters. The molecule has 2 heterocycles. The summed E-state index contributed by atoms with van der Waals surface area (Å²) in [6, 6.07) is 11.9. The number of hydrogen-bond donors (Lipinski definition) is 1. The zero-order valence-corrected chi connectivity index (χ0v) is 12.5. The van der Waals surface area contributed by atoms with Crippen LogP contribution in [-0.4, -0.2) is 34.7 Å². The number of hydrogen-bond acceptors (Lipinski definition) is 2. The second-order valence-corrected chi connectivity index (χ2v) is 5.45. The van der Waals surface area contributed by atoms with Gasteiger partial charge in [-0.1, -0.05) is 36.4 Å². The zero-order valence-electron chi connectivity index (χ0n) is 12.5. The van der Waals surface area contributed by atoms with E-state index in [4.69, 9.17) is 0 Å². The number of aromatic amines is 1. The highest BCUT2D eigenvalue weighted by Gasteiger charge is 2.20. The van der Waals surface area contributed by atoms with Gasteiger partial charge in [0.1, 0.15) is 5.69 Å². The first-order valence-corrected chi connectivity index (χ1v) is 7.38. The molecule has 0 aliphatic carbocycles. The Morgan fingerprint density at radius 1 is 1.18 bits per heavy atom. The second-order valence-electron chi connectivity index (χ2n) is 5.45. The minimum Gasteiger partial charge on any atom is -0.356 e.